The smallest absolute Gasteiger partial charge is 0.301 e. The van der Waals surface area contributed by atoms with Gasteiger partial charge in [0.1, 0.15) is 11.1 Å². The number of halogens is 1. The Balaban J connectivity index is 2.57. The molecule has 1 aromatic heterocycles. The van der Waals surface area contributed by atoms with Gasteiger partial charge in [-0.05, 0) is 12.8 Å². The molecule has 0 aliphatic heterocycles. The largest absolute Gasteiger partial charge is 0.429 e. The molecule has 1 atom stereocenters. The fourth-order valence-electron chi connectivity index (χ4n) is 0.890. The van der Waals surface area contributed by atoms with E-state index in [2.05, 4.69) is 10.3 Å². The van der Waals surface area contributed by atoms with Gasteiger partial charge in [-0.2, -0.15) is 0 Å². The van der Waals surface area contributed by atoms with Gasteiger partial charge in [0.25, 0.3) is 0 Å². The SMILES string of the molecule is Cc1cnc(NC(=O)C(Cl)C(C)C)o1. The van der Waals surface area contributed by atoms with Crippen molar-refractivity contribution < 1.29 is 9.21 Å². The Kier molecular flexibility index (Phi) is 3.52. The lowest BCUT2D eigenvalue weighted by molar-refractivity contribution is -0.116. The third-order valence-corrected chi connectivity index (χ3v) is 2.39. The number of amides is 1. The summed E-state index contributed by atoms with van der Waals surface area (Å²) in [7, 11) is 0. The molecule has 0 aromatic carbocycles. The molecule has 0 radical (unpaired) electrons. The van der Waals surface area contributed by atoms with E-state index in [-0.39, 0.29) is 17.8 Å². The zero-order valence-corrected chi connectivity index (χ0v) is 9.13. The van der Waals surface area contributed by atoms with Crippen LogP contribution in [0, 0.1) is 12.8 Å². The molecule has 14 heavy (non-hydrogen) atoms. The van der Waals surface area contributed by atoms with Crippen LogP contribution in [0.15, 0.2) is 10.6 Å². The van der Waals surface area contributed by atoms with E-state index in [1.807, 2.05) is 13.8 Å². The Morgan fingerprint density at radius 3 is 2.71 bits per heavy atom. The fraction of sp³-hybridized carbons (Fsp3) is 0.556. The van der Waals surface area contributed by atoms with Crippen LogP contribution < -0.4 is 5.32 Å². The molecule has 0 spiro atoms. The molecule has 5 heteroatoms. The Bertz CT molecular complexity index is 322. The number of nitrogens with zero attached hydrogens (tertiary/aromatic N) is 1. The summed E-state index contributed by atoms with van der Waals surface area (Å²) < 4.78 is 5.08. The van der Waals surface area contributed by atoms with Crippen LogP contribution in [0.4, 0.5) is 6.01 Å². The predicted molar refractivity (Wildman–Crippen MR) is 54.3 cm³/mol. The highest BCUT2D eigenvalue weighted by molar-refractivity contribution is 6.32. The van der Waals surface area contributed by atoms with Crippen molar-refractivity contribution in [3.63, 3.8) is 0 Å². The van der Waals surface area contributed by atoms with Gasteiger partial charge in [0.15, 0.2) is 0 Å². The molecular formula is C9H13ClN2O2. The van der Waals surface area contributed by atoms with Crippen molar-refractivity contribution >= 4 is 23.5 Å². The summed E-state index contributed by atoms with van der Waals surface area (Å²) in [6.45, 7) is 5.50. The minimum Gasteiger partial charge on any atom is -0.429 e. The van der Waals surface area contributed by atoms with Crippen LogP contribution in [-0.4, -0.2) is 16.3 Å². The standard InChI is InChI=1S/C9H13ClN2O2/c1-5(2)7(10)8(13)12-9-11-4-6(3)14-9/h4-5,7H,1-3H3,(H,11,12,13). The van der Waals surface area contributed by atoms with Crippen LogP contribution in [-0.2, 0) is 4.79 Å². The van der Waals surface area contributed by atoms with Crippen LogP contribution in [0.5, 0.6) is 0 Å². The van der Waals surface area contributed by atoms with Crippen molar-refractivity contribution in [2.75, 3.05) is 5.32 Å². The molecule has 0 aliphatic carbocycles. The topological polar surface area (TPSA) is 55.1 Å². The maximum Gasteiger partial charge on any atom is 0.301 e. The van der Waals surface area contributed by atoms with Gasteiger partial charge in [0, 0.05) is 0 Å². The maximum atomic E-state index is 11.4. The van der Waals surface area contributed by atoms with Gasteiger partial charge in [-0.15, -0.1) is 11.6 Å². The Morgan fingerprint density at radius 2 is 2.29 bits per heavy atom. The number of hydrogen-bond acceptors (Lipinski definition) is 3. The lowest BCUT2D eigenvalue weighted by Gasteiger charge is -2.10. The highest BCUT2D eigenvalue weighted by atomic mass is 35.5. The van der Waals surface area contributed by atoms with Crippen LogP contribution >= 0.6 is 11.6 Å². The van der Waals surface area contributed by atoms with Crippen molar-refractivity contribution in [1.29, 1.82) is 0 Å². The molecule has 1 rings (SSSR count). The van der Waals surface area contributed by atoms with E-state index in [1.165, 1.54) is 6.20 Å². The number of alkyl halides is 1. The average Bonchev–Trinajstić information content (AvgIpc) is 2.49. The summed E-state index contributed by atoms with van der Waals surface area (Å²) in [6.07, 6.45) is 1.54. The van der Waals surface area contributed by atoms with Gasteiger partial charge in [-0.3, -0.25) is 10.1 Å². The van der Waals surface area contributed by atoms with Crippen LogP contribution in [0.1, 0.15) is 19.6 Å². The fourth-order valence-corrected chi connectivity index (χ4v) is 0.944. The Hall–Kier alpha value is -1.03. The van der Waals surface area contributed by atoms with Crippen LogP contribution in [0.3, 0.4) is 0 Å². The molecule has 0 fully saturated rings. The molecule has 0 saturated heterocycles. The molecule has 4 nitrogen and oxygen atoms in total. The molecule has 78 valence electrons. The maximum absolute atomic E-state index is 11.4. The van der Waals surface area contributed by atoms with E-state index in [0.29, 0.717) is 5.76 Å². The van der Waals surface area contributed by atoms with Gasteiger partial charge < -0.3 is 4.42 Å². The number of nitrogens with one attached hydrogen (secondary N) is 1. The number of rotatable bonds is 3. The first kappa shape index (κ1) is 11.0. The van der Waals surface area contributed by atoms with Crippen LogP contribution in [0.2, 0.25) is 0 Å². The highest BCUT2D eigenvalue weighted by Crippen LogP contribution is 2.13. The van der Waals surface area contributed by atoms with E-state index >= 15 is 0 Å². The lowest BCUT2D eigenvalue weighted by Crippen LogP contribution is -2.27. The van der Waals surface area contributed by atoms with Crippen molar-refractivity contribution in [1.82, 2.24) is 4.98 Å². The number of aromatic nitrogens is 1. The van der Waals surface area contributed by atoms with Crippen LogP contribution in [0.25, 0.3) is 0 Å². The number of hydrogen-bond donors (Lipinski definition) is 1. The molecule has 1 amide bonds. The van der Waals surface area contributed by atoms with Gasteiger partial charge in [0.2, 0.25) is 5.91 Å². The molecule has 1 heterocycles. The summed E-state index contributed by atoms with van der Waals surface area (Å²) in [6, 6.07) is 0.193. The first-order valence-corrected chi connectivity index (χ1v) is 4.81. The molecular weight excluding hydrogens is 204 g/mol. The van der Waals surface area contributed by atoms with Gasteiger partial charge in [0.05, 0.1) is 6.20 Å². The second-order valence-electron chi connectivity index (χ2n) is 3.41. The predicted octanol–water partition coefficient (Wildman–Crippen LogP) is 2.18. The number of aryl methyl sites for hydroxylation is 1. The van der Waals surface area contributed by atoms with E-state index in [0.717, 1.165) is 0 Å². The number of carbonyl (C=O) groups excluding carboxylic acids is 1. The van der Waals surface area contributed by atoms with E-state index < -0.39 is 5.38 Å². The first-order valence-electron chi connectivity index (χ1n) is 4.38. The molecule has 1 unspecified atom stereocenters. The lowest BCUT2D eigenvalue weighted by atomic mass is 10.1. The van der Waals surface area contributed by atoms with Gasteiger partial charge in [-0.1, -0.05) is 13.8 Å². The summed E-state index contributed by atoms with van der Waals surface area (Å²) in [4.78, 5) is 15.3. The summed E-state index contributed by atoms with van der Waals surface area (Å²) in [5.41, 5.74) is 0. The zero-order chi connectivity index (χ0) is 10.7. The van der Waals surface area contributed by atoms with Gasteiger partial charge in [-0.25, -0.2) is 4.98 Å². The average molecular weight is 217 g/mol. The highest BCUT2D eigenvalue weighted by Gasteiger charge is 2.20. The normalized spacial score (nSPS) is 12.9. The second-order valence-corrected chi connectivity index (χ2v) is 3.88. The minimum absolute atomic E-state index is 0.0766. The van der Waals surface area contributed by atoms with E-state index in [4.69, 9.17) is 16.0 Å². The zero-order valence-electron chi connectivity index (χ0n) is 8.37. The molecule has 0 aliphatic rings. The molecule has 1 aromatic rings. The molecule has 1 N–H and O–H groups in total. The van der Waals surface area contributed by atoms with Crippen molar-refractivity contribution in [2.45, 2.75) is 26.1 Å². The van der Waals surface area contributed by atoms with E-state index in [9.17, 15) is 4.79 Å². The number of anilines is 1. The summed E-state index contributed by atoms with van der Waals surface area (Å²) >= 11 is 5.84. The Morgan fingerprint density at radius 1 is 1.64 bits per heavy atom. The second kappa shape index (κ2) is 4.46. The first-order chi connectivity index (χ1) is 6.50. The Labute approximate surface area is 87.6 Å². The molecule has 0 bridgehead atoms. The summed E-state index contributed by atoms with van der Waals surface area (Å²) in [5.74, 6) is 0.437. The van der Waals surface area contributed by atoms with E-state index in [1.54, 1.807) is 6.92 Å². The third kappa shape index (κ3) is 2.73. The minimum atomic E-state index is -0.567. The third-order valence-electron chi connectivity index (χ3n) is 1.69. The monoisotopic (exact) mass is 216 g/mol. The molecule has 0 saturated carbocycles. The van der Waals surface area contributed by atoms with Gasteiger partial charge >= 0.3 is 6.01 Å². The van der Waals surface area contributed by atoms with Crippen molar-refractivity contribution in [3.05, 3.63) is 12.0 Å². The number of carbonyl (C=O) groups is 1. The van der Waals surface area contributed by atoms with Crippen molar-refractivity contribution in [3.8, 4) is 0 Å². The summed E-state index contributed by atoms with van der Waals surface area (Å²) in [5, 5.41) is 1.93. The number of oxazole rings is 1. The van der Waals surface area contributed by atoms with Crippen molar-refractivity contribution in [2.24, 2.45) is 5.92 Å². The quantitative estimate of drug-likeness (QED) is 0.788.